The second kappa shape index (κ2) is 13.0. The molecule has 7 nitrogen and oxygen atoms in total. The quantitative estimate of drug-likeness (QED) is 0.211. The van der Waals surface area contributed by atoms with Crippen molar-refractivity contribution in [3.8, 4) is 22.9 Å². The number of hydrogen-bond donors (Lipinski definition) is 0. The van der Waals surface area contributed by atoms with E-state index in [1.807, 2.05) is 44.2 Å². The molecular weight excluding hydrogens is 518 g/mol. The van der Waals surface area contributed by atoms with Gasteiger partial charge in [-0.2, -0.15) is 0 Å². The van der Waals surface area contributed by atoms with Crippen LogP contribution in [-0.4, -0.2) is 43.6 Å². The largest absolute Gasteiger partial charge is 0.481 e. The van der Waals surface area contributed by atoms with Gasteiger partial charge in [0.05, 0.1) is 26.0 Å². The second-order valence-electron chi connectivity index (χ2n) is 10.8. The molecule has 0 aliphatic rings. The molecule has 3 rings (SSSR count). The number of hydrogen-bond acceptors (Lipinski definition) is 7. The topological polar surface area (TPSA) is 79.8 Å². The van der Waals surface area contributed by atoms with Gasteiger partial charge in [0.1, 0.15) is 12.4 Å². The molecule has 0 amide bonds. The summed E-state index contributed by atoms with van der Waals surface area (Å²) in [6, 6.07) is 11.1. The van der Waals surface area contributed by atoms with Gasteiger partial charge in [-0.3, -0.25) is 4.57 Å². The van der Waals surface area contributed by atoms with Crippen LogP contribution in [0.25, 0.3) is 11.1 Å². The van der Waals surface area contributed by atoms with Crippen LogP contribution >= 0.6 is 7.37 Å². The maximum atomic E-state index is 14.9. The standard InChI is InChI=1S/C30H40FN2O5P/c1-9-38-39(8,34)19-20(2)22-12-13-32-28(15-22)37-18-21-10-11-23(24-16-27(35-6)33-17-26(24)31)25(14-21)29(36-7)30(3,4)5/h10-17,20,29H,9,18-19H2,1-8H3/t20?,29-,39?/m1/s1. The van der Waals surface area contributed by atoms with E-state index < -0.39 is 13.2 Å². The molecule has 0 aliphatic carbocycles. The summed E-state index contributed by atoms with van der Waals surface area (Å²) in [5.74, 6) is 0.373. The zero-order chi connectivity index (χ0) is 28.8. The summed E-state index contributed by atoms with van der Waals surface area (Å²) in [4.78, 5) is 8.34. The number of methoxy groups -OCH3 is 2. The Hall–Kier alpha value is -2.80. The van der Waals surface area contributed by atoms with Crippen LogP contribution in [0.5, 0.6) is 11.8 Å². The summed E-state index contributed by atoms with van der Waals surface area (Å²) < 4.78 is 50.3. The van der Waals surface area contributed by atoms with Crippen molar-refractivity contribution < 1.29 is 27.7 Å². The molecule has 0 radical (unpaired) electrons. The third-order valence-corrected chi connectivity index (χ3v) is 8.49. The third kappa shape index (κ3) is 8.10. The third-order valence-electron chi connectivity index (χ3n) is 6.47. The number of nitrogens with zero attached hydrogens (tertiary/aromatic N) is 2. The Kier molecular flexibility index (Phi) is 10.3. The zero-order valence-corrected chi connectivity index (χ0v) is 25.1. The molecule has 0 fully saturated rings. The smallest absolute Gasteiger partial charge is 0.213 e. The van der Waals surface area contributed by atoms with Crippen LogP contribution in [0.15, 0.2) is 48.8 Å². The summed E-state index contributed by atoms with van der Waals surface area (Å²) >= 11 is 0. The number of halogens is 1. The van der Waals surface area contributed by atoms with E-state index in [1.54, 1.807) is 26.0 Å². The van der Waals surface area contributed by atoms with Gasteiger partial charge in [-0.25, -0.2) is 14.4 Å². The van der Waals surface area contributed by atoms with E-state index in [1.165, 1.54) is 13.3 Å². The molecular formula is C30H40FN2O5P. The molecule has 2 heterocycles. The molecule has 0 saturated heterocycles. The van der Waals surface area contributed by atoms with Crippen LogP contribution in [-0.2, 0) is 20.4 Å². The summed E-state index contributed by atoms with van der Waals surface area (Å²) in [6.45, 7) is 12.4. The minimum absolute atomic E-state index is 0.0186. The van der Waals surface area contributed by atoms with E-state index in [0.29, 0.717) is 35.7 Å². The maximum absolute atomic E-state index is 14.9. The Morgan fingerprint density at radius 3 is 2.41 bits per heavy atom. The van der Waals surface area contributed by atoms with Crippen molar-refractivity contribution >= 4 is 7.37 Å². The molecule has 0 spiro atoms. The molecule has 9 heteroatoms. The lowest BCUT2D eigenvalue weighted by Gasteiger charge is -2.32. The normalized spacial score (nSPS) is 14.9. The highest BCUT2D eigenvalue weighted by molar-refractivity contribution is 7.58. The molecule has 2 unspecified atom stereocenters. The van der Waals surface area contributed by atoms with E-state index in [0.717, 1.165) is 16.7 Å². The van der Waals surface area contributed by atoms with Crippen molar-refractivity contribution in [2.45, 2.75) is 53.2 Å². The fourth-order valence-electron chi connectivity index (χ4n) is 4.74. The van der Waals surface area contributed by atoms with Crippen molar-refractivity contribution in [2.75, 3.05) is 33.7 Å². The van der Waals surface area contributed by atoms with Gasteiger partial charge in [0.15, 0.2) is 0 Å². The van der Waals surface area contributed by atoms with Gasteiger partial charge in [-0.15, -0.1) is 0 Å². The van der Waals surface area contributed by atoms with E-state index in [-0.39, 0.29) is 24.0 Å². The first-order valence-electron chi connectivity index (χ1n) is 13.0. The Morgan fingerprint density at radius 1 is 1.03 bits per heavy atom. The van der Waals surface area contributed by atoms with Crippen LogP contribution in [0, 0.1) is 11.2 Å². The van der Waals surface area contributed by atoms with Crippen LogP contribution in [0.2, 0.25) is 0 Å². The number of pyridine rings is 2. The molecule has 0 saturated carbocycles. The Labute approximate surface area is 231 Å². The molecule has 0 N–H and O–H groups in total. The highest BCUT2D eigenvalue weighted by atomic mass is 31.2. The lowest BCUT2D eigenvalue weighted by molar-refractivity contribution is 0.0155. The predicted octanol–water partition coefficient (Wildman–Crippen LogP) is 7.65. The molecule has 1 aromatic carbocycles. The Balaban J connectivity index is 1.91. The molecule has 212 valence electrons. The highest BCUT2D eigenvalue weighted by Gasteiger charge is 2.30. The van der Waals surface area contributed by atoms with Gasteiger partial charge in [-0.1, -0.05) is 39.8 Å². The van der Waals surface area contributed by atoms with Gasteiger partial charge < -0.3 is 18.7 Å². The summed E-state index contributed by atoms with van der Waals surface area (Å²) in [7, 11) is 0.483. The van der Waals surface area contributed by atoms with Gasteiger partial charge in [0.25, 0.3) is 0 Å². The van der Waals surface area contributed by atoms with Crippen molar-refractivity contribution in [1.82, 2.24) is 9.97 Å². The molecule has 3 aromatic rings. The minimum atomic E-state index is -2.68. The van der Waals surface area contributed by atoms with Crippen molar-refractivity contribution in [3.63, 3.8) is 0 Å². The molecule has 0 aliphatic heterocycles. The first kappa shape index (κ1) is 30.7. The lowest BCUT2D eigenvalue weighted by atomic mass is 9.81. The van der Waals surface area contributed by atoms with Crippen LogP contribution in [0.3, 0.4) is 0 Å². The van der Waals surface area contributed by atoms with Crippen LogP contribution in [0.4, 0.5) is 4.39 Å². The summed E-state index contributed by atoms with van der Waals surface area (Å²) in [5.41, 5.74) is 3.53. The monoisotopic (exact) mass is 558 g/mol. The molecule has 0 bridgehead atoms. The fraction of sp³-hybridized carbons (Fsp3) is 0.467. The van der Waals surface area contributed by atoms with E-state index >= 15 is 0 Å². The summed E-state index contributed by atoms with van der Waals surface area (Å²) in [5, 5.41) is 0. The van der Waals surface area contributed by atoms with Gasteiger partial charge in [0, 0.05) is 43.8 Å². The average Bonchev–Trinajstić information content (AvgIpc) is 2.87. The van der Waals surface area contributed by atoms with Crippen molar-refractivity contribution in [1.29, 1.82) is 0 Å². The van der Waals surface area contributed by atoms with Gasteiger partial charge >= 0.3 is 0 Å². The van der Waals surface area contributed by atoms with E-state index in [2.05, 4.69) is 30.7 Å². The minimum Gasteiger partial charge on any atom is -0.481 e. The van der Waals surface area contributed by atoms with Crippen molar-refractivity contribution in [3.05, 3.63) is 71.3 Å². The molecule has 39 heavy (non-hydrogen) atoms. The zero-order valence-electron chi connectivity index (χ0n) is 24.2. The average molecular weight is 559 g/mol. The Morgan fingerprint density at radius 2 is 1.77 bits per heavy atom. The van der Waals surface area contributed by atoms with Gasteiger partial charge in [0.2, 0.25) is 19.1 Å². The summed E-state index contributed by atoms with van der Waals surface area (Å²) in [6.07, 6.45) is 2.98. The van der Waals surface area contributed by atoms with Crippen LogP contribution < -0.4 is 9.47 Å². The second-order valence-corrected chi connectivity index (χ2v) is 13.5. The first-order chi connectivity index (χ1) is 18.4. The SMILES string of the molecule is CCOP(C)(=O)CC(C)c1ccnc(OCc2ccc(-c3cc(OC)ncc3F)c([C@@H](OC)C(C)(C)C)c2)c1. The first-order valence-corrected chi connectivity index (χ1v) is 15.3. The number of ether oxygens (including phenoxy) is 3. The Bertz CT molecular complexity index is 1310. The number of aromatic nitrogens is 2. The highest BCUT2D eigenvalue weighted by Crippen LogP contribution is 2.46. The molecule has 2 aromatic heterocycles. The predicted molar refractivity (Wildman–Crippen MR) is 152 cm³/mol. The maximum Gasteiger partial charge on any atom is 0.213 e. The fourth-order valence-corrected chi connectivity index (χ4v) is 6.60. The van der Waals surface area contributed by atoms with E-state index in [9.17, 15) is 8.96 Å². The van der Waals surface area contributed by atoms with Crippen molar-refractivity contribution in [2.24, 2.45) is 5.41 Å². The number of benzene rings is 1. The molecule has 3 atom stereocenters. The van der Waals surface area contributed by atoms with Gasteiger partial charge in [-0.05, 0) is 52.6 Å². The number of rotatable bonds is 12. The lowest BCUT2D eigenvalue weighted by Crippen LogP contribution is -2.21. The van der Waals surface area contributed by atoms with E-state index in [4.69, 9.17) is 18.7 Å². The van der Waals surface area contributed by atoms with Crippen LogP contribution in [0.1, 0.15) is 63.3 Å².